The number of halogens is 3. The van der Waals surface area contributed by atoms with E-state index in [1.165, 1.54) is 6.07 Å². The van der Waals surface area contributed by atoms with Gasteiger partial charge in [-0.2, -0.15) is 5.26 Å². The summed E-state index contributed by atoms with van der Waals surface area (Å²) in [5.41, 5.74) is -0.631. The molecule has 0 spiro atoms. The number of carbonyl (C=O) groups excluding carboxylic acids is 1. The van der Waals surface area contributed by atoms with Gasteiger partial charge >= 0.3 is 5.97 Å². The second-order valence-electron chi connectivity index (χ2n) is 11.1. The Balaban J connectivity index is 2.12. The predicted octanol–water partition coefficient (Wildman–Crippen LogP) is 6.77. The zero-order valence-corrected chi connectivity index (χ0v) is 21.8. The minimum absolute atomic E-state index is 0.0476. The molecule has 0 amide bonds. The second kappa shape index (κ2) is 8.22. The van der Waals surface area contributed by atoms with Crippen LogP contribution < -0.4 is 0 Å². The number of fused-ring (bicyclic) bond motifs is 1. The average molecular weight is 503 g/mol. The van der Waals surface area contributed by atoms with Crippen LogP contribution >= 0.6 is 23.2 Å². The first-order valence-corrected chi connectivity index (χ1v) is 12.1. The Morgan fingerprint density at radius 3 is 2.47 bits per heavy atom. The molecule has 0 aromatic heterocycles. The summed E-state index contributed by atoms with van der Waals surface area (Å²) in [6.45, 7) is 11.8. The number of esters is 1. The van der Waals surface area contributed by atoms with Gasteiger partial charge in [0.05, 0.1) is 11.1 Å². The van der Waals surface area contributed by atoms with E-state index >= 15 is 4.39 Å². The number of carbonyl (C=O) groups is 1. The van der Waals surface area contributed by atoms with Gasteiger partial charge in [0.1, 0.15) is 17.3 Å². The fraction of sp³-hybridized carbons (Fsp3) is 0.481. The van der Waals surface area contributed by atoms with Gasteiger partial charge in [-0.05, 0) is 67.5 Å². The lowest BCUT2D eigenvalue weighted by Crippen LogP contribution is -2.52. The van der Waals surface area contributed by atoms with Crippen LogP contribution in [0, 0.1) is 29.5 Å². The summed E-state index contributed by atoms with van der Waals surface area (Å²) in [7, 11) is 0. The molecule has 2 aliphatic heterocycles. The maximum atomic E-state index is 15.6. The van der Waals surface area contributed by atoms with Crippen molar-refractivity contribution in [3.63, 3.8) is 0 Å². The highest BCUT2D eigenvalue weighted by molar-refractivity contribution is 6.31. The number of ether oxygens (including phenoxy) is 1. The summed E-state index contributed by atoms with van der Waals surface area (Å²) in [4.78, 5) is 15.4. The molecule has 0 radical (unpaired) electrons. The molecular formula is C27H29Cl2FN2O2. The Morgan fingerprint density at radius 1 is 1.21 bits per heavy atom. The summed E-state index contributed by atoms with van der Waals surface area (Å²) in [5.74, 6) is -1.91. The molecule has 4 atom stereocenters. The van der Waals surface area contributed by atoms with Crippen LogP contribution in [0.1, 0.15) is 63.6 Å². The molecule has 0 unspecified atom stereocenters. The van der Waals surface area contributed by atoms with E-state index in [-0.39, 0.29) is 16.0 Å². The third-order valence-electron chi connectivity index (χ3n) is 7.12. The fourth-order valence-corrected chi connectivity index (χ4v) is 6.42. The highest BCUT2D eigenvalue weighted by Crippen LogP contribution is 2.60. The number of nitriles is 1. The van der Waals surface area contributed by atoms with Crippen molar-refractivity contribution in [2.75, 3.05) is 0 Å². The normalized spacial score (nSPS) is 28.5. The van der Waals surface area contributed by atoms with Crippen molar-refractivity contribution < 1.29 is 13.9 Å². The molecule has 0 saturated carbocycles. The number of aryl methyl sites for hydroxylation is 1. The van der Waals surface area contributed by atoms with Gasteiger partial charge in [0, 0.05) is 17.0 Å². The highest BCUT2D eigenvalue weighted by atomic mass is 35.5. The number of cyclic esters (lactones) is 1. The molecule has 4 rings (SSSR count). The van der Waals surface area contributed by atoms with Gasteiger partial charge in [-0.15, -0.1) is 0 Å². The lowest BCUT2D eigenvalue weighted by Gasteiger charge is -2.43. The first-order chi connectivity index (χ1) is 15.7. The van der Waals surface area contributed by atoms with Crippen LogP contribution in [0.15, 0.2) is 36.4 Å². The molecule has 2 aliphatic rings. The molecule has 2 heterocycles. The number of rotatable bonds is 3. The van der Waals surface area contributed by atoms with Gasteiger partial charge in [-0.3, -0.25) is 4.79 Å². The number of hydrogen-bond acceptors (Lipinski definition) is 4. The minimum Gasteiger partial charge on any atom is -0.443 e. The standard InChI is InChI=1S/C27H29Cl2FN2O2/c1-15-12-16(28)10-11-18(15)27(14-31)20(13-25(2,3)4)32-23(24(33)34-26(32,5)6)21(27)17-8-7-9-19(29)22(17)30/h7-12,20-21,23H,13H2,1-6H3/t20-,21-,23+,27-/m0/s1. The Hall–Kier alpha value is -2.13. The predicted molar refractivity (Wildman–Crippen MR) is 131 cm³/mol. The highest BCUT2D eigenvalue weighted by Gasteiger charge is 2.70. The van der Waals surface area contributed by atoms with E-state index in [1.54, 1.807) is 18.2 Å². The van der Waals surface area contributed by atoms with E-state index in [0.717, 1.165) is 11.1 Å². The number of benzene rings is 2. The Bertz CT molecular complexity index is 1200. The molecule has 0 bridgehead atoms. The molecule has 0 aliphatic carbocycles. The molecule has 2 fully saturated rings. The van der Waals surface area contributed by atoms with Crippen molar-refractivity contribution in [2.24, 2.45) is 5.41 Å². The van der Waals surface area contributed by atoms with E-state index in [1.807, 2.05) is 37.8 Å². The lowest BCUT2D eigenvalue weighted by molar-refractivity contribution is -0.152. The summed E-state index contributed by atoms with van der Waals surface area (Å²) < 4.78 is 21.4. The molecule has 180 valence electrons. The van der Waals surface area contributed by atoms with Crippen LogP contribution in [0.5, 0.6) is 0 Å². The van der Waals surface area contributed by atoms with Crippen molar-refractivity contribution in [1.29, 1.82) is 5.26 Å². The van der Waals surface area contributed by atoms with Crippen LogP contribution in [0.25, 0.3) is 0 Å². The zero-order chi connectivity index (χ0) is 25.2. The monoisotopic (exact) mass is 502 g/mol. The Labute approximate surface area is 210 Å². The van der Waals surface area contributed by atoms with Gasteiger partial charge in [-0.1, -0.05) is 62.2 Å². The largest absolute Gasteiger partial charge is 0.443 e. The van der Waals surface area contributed by atoms with Crippen molar-refractivity contribution >= 4 is 29.2 Å². The van der Waals surface area contributed by atoms with Gasteiger partial charge in [0.25, 0.3) is 0 Å². The van der Waals surface area contributed by atoms with Crippen LogP contribution in [0.4, 0.5) is 4.39 Å². The number of hydrogen-bond donors (Lipinski definition) is 0. The lowest BCUT2D eigenvalue weighted by atomic mass is 9.62. The van der Waals surface area contributed by atoms with E-state index < -0.39 is 40.9 Å². The van der Waals surface area contributed by atoms with E-state index in [9.17, 15) is 10.1 Å². The second-order valence-corrected chi connectivity index (χ2v) is 11.9. The van der Waals surface area contributed by atoms with Gasteiger partial charge < -0.3 is 4.74 Å². The first-order valence-electron chi connectivity index (χ1n) is 11.4. The summed E-state index contributed by atoms with van der Waals surface area (Å²) >= 11 is 12.5. The third-order valence-corrected chi connectivity index (χ3v) is 7.65. The zero-order valence-electron chi connectivity index (χ0n) is 20.2. The molecule has 4 nitrogen and oxygen atoms in total. The summed E-state index contributed by atoms with van der Waals surface area (Å²) in [6, 6.07) is 11.5. The SMILES string of the molecule is Cc1cc(Cl)ccc1[C@@]1(C#N)[C@H](CC(C)(C)C)N2[C@@H](C(=O)OC2(C)C)[C@@H]1c1cccc(Cl)c1F. The molecule has 7 heteroatoms. The van der Waals surface area contributed by atoms with Gasteiger partial charge in [0.15, 0.2) is 5.72 Å². The fourth-order valence-electron chi connectivity index (χ4n) is 6.01. The van der Waals surface area contributed by atoms with Crippen LogP contribution in [-0.4, -0.2) is 28.7 Å². The maximum Gasteiger partial charge on any atom is 0.325 e. The maximum absolute atomic E-state index is 15.6. The molecule has 2 aromatic carbocycles. The van der Waals surface area contributed by atoms with Crippen molar-refractivity contribution in [3.05, 3.63) is 69.0 Å². The van der Waals surface area contributed by atoms with E-state index in [2.05, 4.69) is 26.8 Å². The molecule has 0 N–H and O–H groups in total. The van der Waals surface area contributed by atoms with Crippen molar-refractivity contribution in [3.8, 4) is 6.07 Å². The topological polar surface area (TPSA) is 53.3 Å². The third kappa shape index (κ3) is 3.71. The smallest absolute Gasteiger partial charge is 0.325 e. The first kappa shape index (κ1) is 25.0. The minimum atomic E-state index is -1.26. The van der Waals surface area contributed by atoms with Crippen LogP contribution in [-0.2, 0) is 14.9 Å². The van der Waals surface area contributed by atoms with Crippen LogP contribution in [0.2, 0.25) is 10.0 Å². The van der Waals surface area contributed by atoms with E-state index in [0.29, 0.717) is 11.4 Å². The number of nitrogens with zero attached hydrogens (tertiary/aromatic N) is 2. The summed E-state index contributed by atoms with van der Waals surface area (Å²) in [6.07, 6.45) is 0.581. The molecular weight excluding hydrogens is 474 g/mol. The van der Waals surface area contributed by atoms with Gasteiger partial charge in [-0.25, -0.2) is 9.29 Å². The van der Waals surface area contributed by atoms with Crippen LogP contribution in [0.3, 0.4) is 0 Å². The molecule has 2 aromatic rings. The van der Waals surface area contributed by atoms with Gasteiger partial charge in [0.2, 0.25) is 0 Å². The summed E-state index contributed by atoms with van der Waals surface area (Å²) in [5, 5.41) is 11.5. The average Bonchev–Trinajstić information content (AvgIpc) is 3.12. The molecule has 34 heavy (non-hydrogen) atoms. The van der Waals surface area contributed by atoms with Crippen molar-refractivity contribution in [1.82, 2.24) is 4.90 Å². The molecule has 2 saturated heterocycles. The van der Waals surface area contributed by atoms with Crippen molar-refractivity contribution in [2.45, 2.75) is 77.1 Å². The Kier molecular flexibility index (Phi) is 6.04. The van der Waals surface area contributed by atoms with E-state index in [4.69, 9.17) is 27.9 Å². The quantitative estimate of drug-likeness (QED) is 0.434. The Morgan fingerprint density at radius 2 is 1.88 bits per heavy atom.